The highest BCUT2D eigenvalue weighted by Crippen LogP contribution is 2.28. The number of benzene rings is 1. The van der Waals surface area contributed by atoms with Crippen LogP contribution in [0.2, 0.25) is 0 Å². The van der Waals surface area contributed by atoms with Gasteiger partial charge in [-0.3, -0.25) is 4.98 Å². The molecule has 0 aliphatic heterocycles. The number of rotatable bonds is 3. The largest absolute Gasteiger partial charge is 0.497 e. The summed E-state index contributed by atoms with van der Waals surface area (Å²) in [5.74, 6) is 1.25. The van der Waals surface area contributed by atoms with Crippen LogP contribution in [-0.4, -0.2) is 17.1 Å². The number of nitrogens with two attached hydrogens (primary N) is 1. The smallest absolute Gasteiger partial charge is 0.143 e. The first-order chi connectivity index (χ1) is 7.78. The molecule has 0 atom stereocenters. The second-order valence-corrected chi connectivity index (χ2v) is 4.16. The summed E-state index contributed by atoms with van der Waals surface area (Å²) in [6.45, 7) is 0. The molecular formula is C11H11N3OS. The van der Waals surface area contributed by atoms with Crippen LogP contribution in [-0.2, 0) is 0 Å². The molecule has 0 fully saturated rings. The molecule has 0 amide bonds. The zero-order valence-electron chi connectivity index (χ0n) is 8.75. The van der Waals surface area contributed by atoms with E-state index in [2.05, 4.69) is 9.97 Å². The zero-order chi connectivity index (χ0) is 11.4. The van der Waals surface area contributed by atoms with E-state index in [4.69, 9.17) is 10.5 Å². The van der Waals surface area contributed by atoms with Crippen LogP contribution in [0, 0.1) is 0 Å². The number of hydrogen-bond acceptors (Lipinski definition) is 5. The number of hydrogen-bond donors (Lipinski definition) is 1. The predicted molar refractivity (Wildman–Crippen MR) is 63.6 cm³/mol. The molecule has 0 saturated heterocycles. The summed E-state index contributed by atoms with van der Waals surface area (Å²) in [4.78, 5) is 9.19. The fourth-order valence-electron chi connectivity index (χ4n) is 1.20. The van der Waals surface area contributed by atoms with Gasteiger partial charge in [-0.15, -0.1) is 0 Å². The second-order valence-electron chi connectivity index (χ2n) is 3.06. The van der Waals surface area contributed by atoms with E-state index < -0.39 is 0 Å². The Morgan fingerprint density at radius 2 is 2.19 bits per heavy atom. The minimum atomic E-state index is 0.424. The lowest BCUT2D eigenvalue weighted by atomic mass is 10.3. The lowest BCUT2D eigenvalue weighted by Crippen LogP contribution is -1.92. The van der Waals surface area contributed by atoms with Crippen molar-refractivity contribution in [2.75, 3.05) is 12.8 Å². The summed E-state index contributed by atoms with van der Waals surface area (Å²) >= 11 is 1.50. The molecule has 0 aliphatic rings. The van der Waals surface area contributed by atoms with Gasteiger partial charge in [-0.25, -0.2) is 4.98 Å². The number of methoxy groups -OCH3 is 1. The molecular weight excluding hydrogens is 222 g/mol. The van der Waals surface area contributed by atoms with Crippen molar-refractivity contribution < 1.29 is 4.74 Å². The molecule has 1 heterocycles. The zero-order valence-corrected chi connectivity index (χ0v) is 9.57. The standard InChI is InChI=1S/C11H11N3OS/c1-15-8-3-2-4-9(5-8)16-11-7-13-6-10(12)14-11/h2-7H,1H3,(H2,12,14). The molecule has 0 aliphatic carbocycles. The highest BCUT2D eigenvalue weighted by atomic mass is 32.2. The number of nitrogens with zero attached hydrogens (tertiary/aromatic N) is 2. The van der Waals surface area contributed by atoms with Crippen LogP contribution in [0.4, 0.5) is 5.82 Å². The van der Waals surface area contributed by atoms with Gasteiger partial charge in [0, 0.05) is 4.90 Å². The number of anilines is 1. The van der Waals surface area contributed by atoms with Gasteiger partial charge in [-0.05, 0) is 18.2 Å². The molecule has 16 heavy (non-hydrogen) atoms. The summed E-state index contributed by atoms with van der Waals surface area (Å²) in [7, 11) is 1.64. The second kappa shape index (κ2) is 4.85. The minimum absolute atomic E-state index is 0.424. The predicted octanol–water partition coefficient (Wildman–Crippen LogP) is 2.22. The Balaban J connectivity index is 2.20. The van der Waals surface area contributed by atoms with Crippen LogP contribution in [0.3, 0.4) is 0 Å². The summed E-state index contributed by atoms with van der Waals surface area (Å²) in [5, 5.41) is 0.772. The van der Waals surface area contributed by atoms with E-state index in [1.54, 1.807) is 13.3 Å². The molecule has 2 aromatic rings. The molecule has 1 aromatic carbocycles. The topological polar surface area (TPSA) is 61.0 Å². The third-order valence-electron chi connectivity index (χ3n) is 1.89. The van der Waals surface area contributed by atoms with Crippen molar-refractivity contribution in [3.63, 3.8) is 0 Å². The highest BCUT2D eigenvalue weighted by Gasteiger charge is 2.01. The van der Waals surface area contributed by atoms with Gasteiger partial charge >= 0.3 is 0 Å². The Hall–Kier alpha value is -1.75. The van der Waals surface area contributed by atoms with Crippen molar-refractivity contribution in [2.24, 2.45) is 0 Å². The molecule has 2 rings (SSSR count). The van der Waals surface area contributed by atoms with Gasteiger partial charge < -0.3 is 10.5 Å². The van der Waals surface area contributed by atoms with E-state index in [0.29, 0.717) is 5.82 Å². The number of aromatic nitrogens is 2. The van der Waals surface area contributed by atoms with Crippen LogP contribution in [0.15, 0.2) is 46.6 Å². The molecule has 0 unspecified atom stereocenters. The van der Waals surface area contributed by atoms with Gasteiger partial charge in [0.2, 0.25) is 0 Å². The van der Waals surface area contributed by atoms with Crippen LogP contribution in [0.1, 0.15) is 0 Å². The Labute approximate surface area is 97.9 Å². The van der Waals surface area contributed by atoms with Crippen molar-refractivity contribution >= 4 is 17.6 Å². The first-order valence-corrected chi connectivity index (χ1v) is 5.49. The van der Waals surface area contributed by atoms with Crippen molar-refractivity contribution in [3.05, 3.63) is 36.7 Å². The molecule has 1 aromatic heterocycles. The fourth-order valence-corrected chi connectivity index (χ4v) is 2.02. The quantitative estimate of drug-likeness (QED) is 0.880. The molecule has 0 saturated carbocycles. The Kier molecular flexibility index (Phi) is 3.26. The van der Waals surface area contributed by atoms with Gasteiger partial charge in [0.1, 0.15) is 16.6 Å². The SMILES string of the molecule is COc1cccc(Sc2cncc(N)n2)c1. The van der Waals surface area contributed by atoms with Gasteiger partial charge in [-0.1, -0.05) is 17.8 Å². The molecule has 0 bridgehead atoms. The van der Waals surface area contributed by atoms with E-state index in [1.165, 1.54) is 18.0 Å². The molecule has 0 radical (unpaired) electrons. The molecule has 4 nitrogen and oxygen atoms in total. The number of ether oxygens (including phenoxy) is 1. The third-order valence-corrected chi connectivity index (χ3v) is 2.79. The third kappa shape index (κ3) is 2.64. The molecule has 2 N–H and O–H groups in total. The highest BCUT2D eigenvalue weighted by molar-refractivity contribution is 7.99. The Bertz CT molecular complexity index is 490. The lowest BCUT2D eigenvalue weighted by molar-refractivity contribution is 0.413. The van der Waals surface area contributed by atoms with Crippen LogP contribution in [0.5, 0.6) is 5.75 Å². The summed E-state index contributed by atoms with van der Waals surface area (Å²) in [6, 6.07) is 7.75. The first kappa shape index (κ1) is 10.8. The van der Waals surface area contributed by atoms with E-state index >= 15 is 0 Å². The average Bonchev–Trinajstić information content (AvgIpc) is 2.29. The molecule has 82 valence electrons. The Morgan fingerprint density at radius 3 is 2.94 bits per heavy atom. The van der Waals surface area contributed by atoms with Gasteiger partial charge in [0.05, 0.1) is 19.5 Å². The molecule has 0 spiro atoms. The first-order valence-electron chi connectivity index (χ1n) is 4.67. The van der Waals surface area contributed by atoms with Crippen LogP contribution in [0.25, 0.3) is 0 Å². The monoisotopic (exact) mass is 233 g/mol. The van der Waals surface area contributed by atoms with Crippen LogP contribution < -0.4 is 10.5 Å². The van der Waals surface area contributed by atoms with Crippen molar-refractivity contribution in [2.45, 2.75) is 9.92 Å². The van der Waals surface area contributed by atoms with Crippen molar-refractivity contribution in [1.29, 1.82) is 0 Å². The van der Waals surface area contributed by atoms with Gasteiger partial charge in [-0.2, -0.15) is 0 Å². The maximum atomic E-state index is 5.56. The summed E-state index contributed by atoms with van der Waals surface area (Å²) in [5.41, 5.74) is 5.56. The lowest BCUT2D eigenvalue weighted by Gasteiger charge is -2.03. The van der Waals surface area contributed by atoms with Crippen LogP contribution >= 0.6 is 11.8 Å². The normalized spacial score (nSPS) is 10.1. The summed E-state index contributed by atoms with van der Waals surface area (Å²) in [6.07, 6.45) is 3.20. The van der Waals surface area contributed by atoms with E-state index in [-0.39, 0.29) is 0 Å². The minimum Gasteiger partial charge on any atom is -0.497 e. The maximum Gasteiger partial charge on any atom is 0.143 e. The molecule has 5 heteroatoms. The Morgan fingerprint density at radius 1 is 1.31 bits per heavy atom. The number of nitrogen functional groups attached to an aromatic ring is 1. The fraction of sp³-hybridized carbons (Fsp3) is 0.0909. The van der Waals surface area contributed by atoms with Crippen molar-refractivity contribution in [1.82, 2.24) is 9.97 Å². The van der Waals surface area contributed by atoms with Gasteiger partial charge in [0.15, 0.2) is 0 Å². The van der Waals surface area contributed by atoms with Gasteiger partial charge in [0.25, 0.3) is 0 Å². The average molecular weight is 233 g/mol. The maximum absolute atomic E-state index is 5.56. The van der Waals surface area contributed by atoms with Crippen molar-refractivity contribution in [3.8, 4) is 5.75 Å². The van der Waals surface area contributed by atoms with E-state index in [0.717, 1.165) is 15.7 Å². The van der Waals surface area contributed by atoms with E-state index in [1.807, 2.05) is 24.3 Å². The van der Waals surface area contributed by atoms with E-state index in [9.17, 15) is 0 Å². The summed E-state index contributed by atoms with van der Waals surface area (Å²) < 4.78 is 5.14.